The van der Waals surface area contributed by atoms with E-state index in [1.807, 2.05) is 30.3 Å². The summed E-state index contributed by atoms with van der Waals surface area (Å²) < 4.78 is 18.2. The van der Waals surface area contributed by atoms with E-state index in [4.69, 9.17) is 14.2 Å². The fourth-order valence-electron chi connectivity index (χ4n) is 4.61. The molecule has 1 unspecified atom stereocenters. The largest absolute Gasteiger partial charge is 0.493 e. The molecule has 0 saturated carbocycles. The van der Waals surface area contributed by atoms with Crippen molar-refractivity contribution in [1.29, 1.82) is 0 Å². The van der Waals surface area contributed by atoms with Gasteiger partial charge in [-0.05, 0) is 30.5 Å². The summed E-state index contributed by atoms with van der Waals surface area (Å²) in [6, 6.07) is 25.1. The number of benzene rings is 3. The van der Waals surface area contributed by atoms with Crippen LogP contribution in [0, 0.1) is 6.92 Å². The van der Waals surface area contributed by atoms with Gasteiger partial charge in [0.1, 0.15) is 12.8 Å². The Balaban J connectivity index is 1.48. The summed E-state index contributed by atoms with van der Waals surface area (Å²) in [5.74, 6) is 1.56. The predicted molar refractivity (Wildman–Crippen MR) is 116 cm³/mol. The molecule has 153 valence electrons. The molecule has 0 bridgehead atoms. The highest BCUT2D eigenvalue weighted by Gasteiger charge is 2.44. The number of ether oxygens (including phenoxy) is 3. The normalized spacial score (nSPS) is 22.9. The Bertz CT molecular complexity index is 1010. The molecule has 1 fully saturated rings. The Labute approximate surface area is 178 Å². The van der Waals surface area contributed by atoms with Gasteiger partial charge in [0.15, 0.2) is 11.5 Å². The molecule has 5 rings (SSSR count). The van der Waals surface area contributed by atoms with Crippen LogP contribution in [0.2, 0.25) is 0 Å². The zero-order valence-corrected chi connectivity index (χ0v) is 17.2. The number of fused-ring (bicyclic) bond motifs is 3. The van der Waals surface area contributed by atoms with Crippen LogP contribution < -0.4 is 9.47 Å². The molecule has 1 radical (unpaired) electrons. The summed E-state index contributed by atoms with van der Waals surface area (Å²) in [5, 5.41) is 0. The summed E-state index contributed by atoms with van der Waals surface area (Å²) in [4.78, 5) is 2.39. The van der Waals surface area contributed by atoms with E-state index in [-0.39, 0.29) is 18.3 Å². The van der Waals surface area contributed by atoms with Gasteiger partial charge in [-0.3, -0.25) is 4.90 Å². The molecule has 2 heterocycles. The molecule has 3 aromatic rings. The van der Waals surface area contributed by atoms with E-state index in [9.17, 15) is 0 Å². The fourth-order valence-corrected chi connectivity index (χ4v) is 4.61. The zero-order chi connectivity index (χ0) is 20.5. The summed E-state index contributed by atoms with van der Waals surface area (Å²) >= 11 is 0. The summed E-state index contributed by atoms with van der Waals surface area (Å²) in [7, 11) is 1.69. The summed E-state index contributed by atoms with van der Waals surface area (Å²) in [6.07, 6.45) is 0.672. The van der Waals surface area contributed by atoms with Crippen LogP contribution in [0.25, 0.3) is 0 Å². The first-order valence-corrected chi connectivity index (χ1v) is 10.4. The van der Waals surface area contributed by atoms with Gasteiger partial charge in [0, 0.05) is 17.2 Å². The van der Waals surface area contributed by atoms with Crippen molar-refractivity contribution in [2.24, 2.45) is 0 Å². The minimum atomic E-state index is -0.119. The van der Waals surface area contributed by atoms with Crippen molar-refractivity contribution in [3.8, 4) is 11.5 Å². The third kappa shape index (κ3) is 3.36. The van der Waals surface area contributed by atoms with Gasteiger partial charge in [-0.15, -0.1) is 0 Å². The Morgan fingerprint density at radius 2 is 1.73 bits per heavy atom. The molecule has 1 saturated heterocycles. The molecule has 2 aliphatic heterocycles. The monoisotopic (exact) mass is 400 g/mol. The Morgan fingerprint density at radius 3 is 2.47 bits per heavy atom. The second-order valence-corrected chi connectivity index (χ2v) is 7.86. The molecule has 0 aromatic heterocycles. The van der Waals surface area contributed by atoms with Crippen molar-refractivity contribution >= 4 is 0 Å². The van der Waals surface area contributed by atoms with Gasteiger partial charge in [0.05, 0.1) is 19.8 Å². The molecular weight excluding hydrogens is 374 g/mol. The first kappa shape index (κ1) is 19.2. The maximum absolute atomic E-state index is 6.30. The smallest absolute Gasteiger partial charge is 0.165 e. The quantitative estimate of drug-likeness (QED) is 0.596. The van der Waals surface area contributed by atoms with E-state index in [1.54, 1.807) is 7.11 Å². The van der Waals surface area contributed by atoms with Crippen molar-refractivity contribution in [3.63, 3.8) is 0 Å². The lowest BCUT2D eigenvalue weighted by atomic mass is 9.90. The van der Waals surface area contributed by atoms with Crippen LogP contribution in [0.15, 0.2) is 72.8 Å². The molecule has 2 aliphatic rings. The van der Waals surface area contributed by atoms with Crippen LogP contribution >= 0.6 is 0 Å². The number of hydrogen-bond donors (Lipinski definition) is 0. The second kappa shape index (κ2) is 8.13. The van der Waals surface area contributed by atoms with Gasteiger partial charge in [-0.25, -0.2) is 0 Å². The van der Waals surface area contributed by atoms with Gasteiger partial charge < -0.3 is 14.2 Å². The van der Waals surface area contributed by atoms with Crippen LogP contribution in [0.3, 0.4) is 0 Å². The number of methoxy groups -OCH3 is 1. The van der Waals surface area contributed by atoms with E-state index in [0.29, 0.717) is 13.2 Å². The van der Waals surface area contributed by atoms with Crippen molar-refractivity contribution in [1.82, 2.24) is 4.90 Å². The maximum Gasteiger partial charge on any atom is 0.165 e. The van der Waals surface area contributed by atoms with Crippen molar-refractivity contribution in [2.75, 3.05) is 13.7 Å². The van der Waals surface area contributed by atoms with Crippen molar-refractivity contribution in [2.45, 2.75) is 31.3 Å². The molecule has 0 aliphatic carbocycles. The first-order valence-electron chi connectivity index (χ1n) is 10.4. The van der Waals surface area contributed by atoms with E-state index >= 15 is 0 Å². The zero-order valence-electron chi connectivity index (χ0n) is 17.2. The third-order valence-electron chi connectivity index (χ3n) is 6.06. The van der Waals surface area contributed by atoms with Crippen LogP contribution in [0.1, 0.15) is 34.5 Å². The molecule has 30 heavy (non-hydrogen) atoms. The van der Waals surface area contributed by atoms with Gasteiger partial charge in [0.25, 0.3) is 0 Å². The highest BCUT2D eigenvalue weighted by atomic mass is 16.5. The predicted octanol–water partition coefficient (Wildman–Crippen LogP) is 5.11. The van der Waals surface area contributed by atoms with Gasteiger partial charge in [-0.2, -0.15) is 0 Å². The lowest BCUT2D eigenvalue weighted by Gasteiger charge is -2.39. The molecule has 0 amide bonds. The molecule has 4 heteroatoms. The molecule has 3 aromatic carbocycles. The summed E-state index contributed by atoms with van der Waals surface area (Å²) in [6.45, 7) is 5.64. The standard InChI is InChI=1S/C26H26NO3/c1-18-15-22-21(26-27(18)23(17-30-26)20-11-7-4-8-12-20)13-14-24(28-2)25(22)29-16-19-9-5-3-6-10-19/h3-14,18,23,26H,1,15-17H2,2H3/t18-,23-,26?/m1/s1. The molecule has 3 atom stereocenters. The molecule has 0 spiro atoms. The van der Waals surface area contributed by atoms with Crippen LogP contribution in [-0.2, 0) is 17.8 Å². The van der Waals surface area contributed by atoms with Gasteiger partial charge >= 0.3 is 0 Å². The third-order valence-corrected chi connectivity index (χ3v) is 6.06. The molecule has 0 N–H and O–H groups in total. The Kier molecular flexibility index (Phi) is 5.19. The average molecular weight is 400 g/mol. The van der Waals surface area contributed by atoms with E-state index in [2.05, 4.69) is 54.3 Å². The van der Waals surface area contributed by atoms with Crippen molar-refractivity contribution < 1.29 is 14.2 Å². The average Bonchev–Trinajstić information content (AvgIpc) is 3.25. The van der Waals surface area contributed by atoms with E-state index in [1.165, 1.54) is 5.56 Å². The van der Waals surface area contributed by atoms with Crippen LogP contribution in [0.4, 0.5) is 0 Å². The van der Waals surface area contributed by atoms with Gasteiger partial charge in [-0.1, -0.05) is 66.7 Å². The second-order valence-electron chi connectivity index (χ2n) is 7.86. The number of hydrogen-bond acceptors (Lipinski definition) is 4. The van der Waals surface area contributed by atoms with E-state index in [0.717, 1.165) is 34.6 Å². The van der Waals surface area contributed by atoms with Gasteiger partial charge in [0.2, 0.25) is 0 Å². The lowest BCUT2D eigenvalue weighted by Crippen LogP contribution is -2.41. The molecular formula is C26H26NO3. The Morgan fingerprint density at radius 1 is 1.00 bits per heavy atom. The van der Waals surface area contributed by atoms with Crippen LogP contribution in [0.5, 0.6) is 11.5 Å². The highest BCUT2D eigenvalue weighted by Crippen LogP contribution is 2.49. The lowest BCUT2D eigenvalue weighted by molar-refractivity contribution is 0.00400. The minimum absolute atomic E-state index is 0.0846. The SMILES string of the molecule is [CH2][C@@H]1Cc2c(ccc(OC)c2OCc2ccccc2)C2OC[C@H](c3ccccc3)N21. The highest BCUT2D eigenvalue weighted by molar-refractivity contribution is 5.53. The topological polar surface area (TPSA) is 30.9 Å². The maximum atomic E-state index is 6.30. The van der Waals surface area contributed by atoms with Crippen LogP contribution in [-0.4, -0.2) is 24.7 Å². The number of rotatable bonds is 5. The summed E-state index contributed by atoms with van der Waals surface area (Å²) in [5.41, 5.74) is 4.69. The van der Waals surface area contributed by atoms with E-state index < -0.39 is 0 Å². The fraction of sp³-hybridized carbons (Fsp3) is 0.269. The Hall–Kier alpha value is -2.82. The number of nitrogens with zero attached hydrogens (tertiary/aromatic N) is 1. The van der Waals surface area contributed by atoms with Crippen molar-refractivity contribution in [3.05, 3.63) is 102 Å². The minimum Gasteiger partial charge on any atom is -0.493 e. The molecule has 4 nitrogen and oxygen atoms in total. The first-order chi connectivity index (χ1) is 14.8.